The summed E-state index contributed by atoms with van der Waals surface area (Å²) in [4.78, 5) is 20.3. The van der Waals surface area contributed by atoms with Crippen molar-refractivity contribution < 1.29 is 9.53 Å². The number of hydrogen-bond acceptors (Lipinski definition) is 4. The number of nitroso groups, excluding NO2 is 1. The Morgan fingerprint density at radius 1 is 1.70 bits per heavy atom. The largest absolute Gasteiger partial charge is 0.468 e. The summed E-state index contributed by atoms with van der Waals surface area (Å²) in [5.74, 6) is -0.457. The van der Waals surface area contributed by atoms with E-state index in [2.05, 4.69) is 10.0 Å². The van der Waals surface area contributed by atoms with Crippen LogP contribution in [0.25, 0.3) is 0 Å². The number of carbonyl (C=O) groups excluding carboxylic acids is 1. The Hall–Kier alpha value is -1.13. The molecule has 0 saturated carbocycles. The molecule has 5 heteroatoms. The summed E-state index contributed by atoms with van der Waals surface area (Å²) in [6.45, 7) is 2.07. The summed E-state index contributed by atoms with van der Waals surface area (Å²) in [6, 6.07) is 0. The second-order valence-corrected chi connectivity index (χ2v) is 1.64. The highest BCUT2D eigenvalue weighted by Gasteiger charge is 2.06. The molecule has 0 radical (unpaired) electrons. The van der Waals surface area contributed by atoms with Crippen LogP contribution in [0, 0.1) is 4.91 Å². The quantitative estimate of drug-likeness (QED) is 0.322. The van der Waals surface area contributed by atoms with Gasteiger partial charge in [-0.1, -0.05) is 0 Å². The highest BCUT2D eigenvalue weighted by atomic mass is 16.5. The number of hydrogen-bond donors (Lipinski definition) is 0. The number of carbonyl (C=O) groups is 1. The second-order valence-electron chi connectivity index (χ2n) is 1.64. The first-order valence-electron chi connectivity index (χ1n) is 2.89. The van der Waals surface area contributed by atoms with Crippen LogP contribution in [0.5, 0.6) is 0 Å². The molecular weight excluding hydrogens is 136 g/mol. The SMILES string of the molecule is CCN(CC(=O)OC)N=O. The van der Waals surface area contributed by atoms with E-state index in [-0.39, 0.29) is 6.54 Å². The third-order valence-electron chi connectivity index (χ3n) is 1.02. The Morgan fingerprint density at radius 3 is 2.60 bits per heavy atom. The van der Waals surface area contributed by atoms with Crippen LogP contribution in [0.15, 0.2) is 5.29 Å². The normalized spacial score (nSPS) is 8.60. The summed E-state index contributed by atoms with van der Waals surface area (Å²) >= 11 is 0. The van der Waals surface area contributed by atoms with Gasteiger partial charge in [0.1, 0.15) is 6.54 Å². The Morgan fingerprint density at radius 2 is 2.30 bits per heavy atom. The Labute approximate surface area is 58.9 Å². The van der Waals surface area contributed by atoms with E-state index in [4.69, 9.17) is 0 Å². The van der Waals surface area contributed by atoms with Crippen LogP contribution in [0.4, 0.5) is 0 Å². The lowest BCUT2D eigenvalue weighted by Gasteiger charge is -2.09. The van der Waals surface area contributed by atoms with Gasteiger partial charge in [0.15, 0.2) is 0 Å². The van der Waals surface area contributed by atoms with Gasteiger partial charge in [0.05, 0.1) is 12.4 Å². The summed E-state index contributed by atoms with van der Waals surface area (Å²) in [5, 5.41) is 3.65. The fourth-order valence-electron chi connectivity index (χ4n) is 0.412. The molecule has 0 N–H and O–H groups in total. The van der Waals surface area contributed by atoms with Crippen molar-refractivity contribution in [3.63, 3.8) is 0 Å². The van der Waals surface area contributed by atoms with Crippen molar-refractivity contribution in [3.05, 3.63) is 4.91 Å². The van der Waals surface area contributed by atoms with Crippen molar-refractivity contribution in [1.82, 2.24) is 5.01 Å². The summed E-state index contributed by atoms with van der Waals surface area (Å²) < 4.78 is 4.30. The minimum atomic E-state index is -0.457. The first-order chi connectivity index (χ1) is 4.74. The van der Waals surface area contributed by atoms with Crippen LogP contribution in [-0.4, -0.2) is 31.2 Å². The van der Waals surface area contributed by atoms with Gasteiger partial charge in [0.2, 0.25) is 0 Å². The first-order valence-corrected chi connectivity index (χ1v) is 2.89. The Bertz CT molecular complexity index is 126. The van der Waals surface area contributed by atoms with Crippen molar-refractivity contribution in [1.29, 1.82) is 0 Å². The van der Waals surface area contributed by atoms with Crippen molar-refractivity contribution in [3.8, 4) is 0 Å². The Balaban J connectivity index is 3.62. The highest BCUT2D eigenvalue weighted by Crippen LogP contribution is 1.87. The summed E-state index contributed by atoms with van der Waals surface area (Å²) in [7, 11) is 1.26. The van der Waals surface area contributed by atoms with Crippen molar-refractivity contribution in [2.45, 2.75) is 6.92 Å². The van der Waals surface area contributed by atoms with E-state index in [0.717, 1.165) is 5.01 Å². The fourth-order valence-corrected chi connectivity index (χ4v) is 0.412. The molecule has 0 fully saturated rings. The molecule has 0 aliphatic heterocycles. The number of ether oxygens (including phenoxy) is 1. The van der Waals surface area contributed by atoms with Crippen LogP contribution in [0.3, 0.4) is 0 Å². The minimum Gasteiger partial charge on any atom is -0.468 e. The molecule has 0 aromatic carbocycles. The topological polar surface area (TPSA) is 59.0 Å². The van der Waals surface area contributed by atoms with Gasteiger partial charge in [-0.3, -0.25) is 4.79 Å². The minimum absolute atomic E-state index is 0.0729. The third-order valence-corrected chi connectivity index (χ3v) is 1.02. The molecule has 0 atom stereocenters. The molecule has 0 aromatic heterocycles. The average molecular weight is 146 g/mol. The molecule has 0 heterocycles. The molecule has 0 aliphatic rings. The predicted octanol–water partition coefficient (Wildman–Crippen LogP) is 0.163. The molecule has 10 heavy (non-hydrogen) atoms. The number of esters is 1. The van der Waals surface area contributed by atoms with Gasteiger partial charge in [0, 0.05) is 6.54 Å². The van der Waals surface area contributed by atoms with E-state index in [9.17, 15) is 9.70 Å². The van der Waals surface area contributed by atoms with E-state index in [1.807, 2.05) is 0 Å². The molecule has 0 rings (SSSR count). The first kappa shape index (κ1) is 8.87. The van der Waals surface area contributed by atoms with E-state index in [1.54, 1.807) is 6.92 Å². The van der Waals surface area contributed by atoms with Gasteiger partial charge in [-0.25, -0.2) is 5.01 Å². The van der Waals surface area contributed by atoms with Gasteiger partial charge in [0.25, 0.3) is 0 Å². The summed E-state index contributed by atoms with van der Waals surface area (Å²) in [5.41, 5.74) is 0. The lowest BCUT2D eigenvalue weighted by Crippen LogP contribution is -2.25. The van der Waals surface area contributed by atoms with Gasteiger partial charge in [-0.2, -0.15) is 0 Å². The lowest BCUT2D eigenvalue weighted by atomic mass is 10.6. The maximum atomic E-state index is 10.5. The molecule has 0 aliphatic carbocycles. The third kappa shape index (κ3) is 3.01. The Kier molecular flexibility index (Phi) is 4.19. The zero-order chi connectivity index (χ0) is 7.98. The number of methoxy groups -OCH3 is 1. The predicted molar refractivity (Wildman–Crippen MR) is 35.1 cm³/mol. The van der Waals surface area contributed by atoms with Gasteiger partial charge < -0.3 is 4.74 Å². The molecular formula is C5H10N2O3. The highest BCUT2D eigenvalue weighted by molar-refractivity contribution is 5.71. The molecule has 0 saturated heterocycles. The van der Waals surface area contributed by atoms with Gasteiger partial charge in [-0.05, 0) is 6.92 Å². The maximum Gasteiger partial charge on any atom is 0.327 e. The van der Waals surface area contributed by atoms with Crippen LogP contribution < -0.4 is 0 Å². The monoisotopic (exact) mass is 146 g/mol. The van der Waals surface area contributed by atoms with Crippen molar-refractivity contribution in [2.75, 3.05) is 20.2 Å². The second kappa shape index (κ2) is 4.72. The van der Waals surface area contributed by atoms with Crippen LogP contribution in [-0.2, 0) is 9.53 Å². The number of likely N-dealkylation sites (N-methyl/N-ethyl adjacent to an activating group) is 1. The zero-order valence-corrected chi connectivity index (χ0v) is 6.03. The molecule has 0 aromatic rings. The van der Waals surface area contributed by atoms with Gasteiger partial charge >= 0.3 is 5.97 Å². The van der Waals surface area contributed by atoms with E-state index >= 15 is 0 Å². The van der Waals surface area contributed by atoms with Crippen molar-refractivity contribution in [2.24, 2.45) is 5.29 Å². The standard InChI is InChI=1S/C5H10N2O3/c1-3-7(6-9)4-5(8)10-2/h3-4H2,1-2H3. The average Bonchev–Trinajstić information content (AvgIpc) is 1.99. The van der Waals surface area contributed by atoms with E-state index < -0.39 is 5.97 Å². The van der Waals surface area contributed by atoms with Crippen LogP contribution in [0.2, 0.25) is 0 Å². The summed E-state index contributed by atoms with van der Waals surface area (Å²) in [6.07, 6.45) is 0. The van der Waals surface area contributed by atoms with E-state index in [0.29, 0.717) is 6.54 Å². The number of nitrogens with zero attached hydrogens (tertiary/aromatic N) is 2. The molecule has 0 bridgehead atoms. The number of rotatable bonds is 4. The van der Waals surface area contributed by atoms with Crippen LogP contribution >= 0.6 is 0 Å². The molecule has 0 unspecified atom stereocenters. The lowest BCUT2D eigenvalue weighted by molar-refractivity contribution is -0.141. The van der Waals surface area contributed by atoms with Crippen LogP contribution in [0.1, 0.15) is 6.92 Å². The smallest absolute Gasteiger partial charge is 0.327 e. The van der Waals surface area contributed by atoms with Crippen molar-refractivity contribution >= 4 is 5.97 Å². The molecule has 5 nitrogen and oxygen atoms in total. The molecule has 58 valence electrons. The fraction of sp³-hybridized carbons (Fsp3) is 0.800. The molecule has 0 amide bonds. The zero-order valence-electron chi connectivity index (χ0n) is 6.03. The van der Waals surface area contributed by atoms with E-state index in [1.165, 1.54) is 7.11 Å². The van der Waals surface area contributed by atoms with Gasteiger partial charge in [-0.15, -0.1) is 4.91 Å². The maximum absolute atomic E-state index is 10.5. The molecule has 0 spiro atoms.